The molecule has 0 atom stereocenters. The van der Waals surface area contributed by atoms with Crippen LogP contribution in [0.25, 0.3) is 0 Å². The fourth-order valence-electron chi connectivity index (χ4n) is 1.58. The second-order valence-electron chi connectivity index (χ2n) is 4.28. The summed E-state index contributed by atoms with van der Waals surface area (Å²) in [5.74, 6) is -0.162. The molecule has 0 saturated heterocycles. The molecule has 0 heterocycles. The zero-order valence-electron chi connectivity index (χ0n) is 8.57. The Hall–Kier alpha value is -0.710. The fourth-order valence-corrected chi connectivity index (χ4v) is 2.05. The molecule has 1 saturated carbocycles. The summed E-state index contributed by atoms with van der Waals surface area (Å²) < 4.78 is 40.8. The Morgan fingerprint density at radius 2 is 1.88 bits per heavy atom. The van der Waals surface area contributed by atoms with Crippen molar-refractivity contribution in [1.82, 2.24) is 0 Å². The SMILES string of the molecule is CC1(c2cc(Br)cc(OC(F)(F)F)c2)CC1. The van der Waals surface area contributed by atoms with Crippen molar-refractivity contribution in [3.05, 3.63) is 28.2 Å². The molecule has 0 aromatic heterocycles. The molecule has 5 heteroatoms. The van der Waals surface area contributed by atoms with Crippen molar-refractivity contribution >= 4 is 15.9 Å². The van der Waals surface area contributed by atoms with Crippen molar-refractivity contribution in [2.45, 2.75) is 31.5 Å². The van der Waals surface area contributed by atoms with Gasteiger partial charge in [-0.05, 0) is 42.0 Å². The molecule has 0 radical (unpaired) electrons. The normalized spacial score (nSPS) is 18.3. The van der Waals surface area contributed by atoms with Gasteiger partial charge in [-0.2, -0.15) is 0 Å². The monoisotopic (exact) mass is 294 g/mol. The molecule has 1 aliphatic rings. The van der Waals surface area contributed by atoms with E-state index in [1.807, 2.05) is 13.0 Å². The lowest BCUT2D eigenvalue weighted by molar-refractivity contribution is -0.274. The third-order valence-electron chi connectivity index (χ3n) is 2.80. The van der Waals surface area contributed by atoms with E-state index in [0.717, 1.165) is 18.4 Å². The van der Waals surface area contributed by atoms with E-state index in [0.29, 0.717) is 4.47 Å². The van der Waals surface area contributed by atoms with Crippen LogP contribution in [0, 0.1) is 0 Å². The average Bonchev–Trinajstić information content (AvgIpc) is 2.80. The minimum absolute atomic E-state index is 0.0213. The Labute approximate surface area is 99.7 Å². The molecular formula is C11H10BrF3O. The van der Waals surface area contributed by atoms with E-state index >= 15 is 0 Å². The van der Waals surface area contributed by atoms with Crippen LogP contribution in [0.5, 0.6) is 5.75 Å². The Morgan fingerprint density at radius 3 is 2.38 bits per heavy atom. The van der Waals surface area contributed by atoms with E-state index in [9.17, 15) is 13.2 Å². The van der Waals surface area contributed by atoms with Crippen LogP contribution in [0.3, 0.4) is 0 Å². The number of hydrogen-bond donors (Lipinski definition) is 0. The van der Waals surface area contributed by atoms with E-state index in [1.54, 1.807) is 0 Å². The molecule has 0 unspecified atom stereocenters. The summed E-state index contributed by atoms with van der Waals surface area (Å²) in [6.07, 6.45) is -2.62. The molecule has 1 aromatic carbocycles. The number of ether oxygens (including phenoxy) is 1. The van der Waals surface area contributed by atoms with E-state index < -0.39 is 6.36 Å². The number of benzene rings is 1. The van der Waals surface area contributed by atoms with Gasteiger partial charge in [-0.15, -0.1) is 13.2 Å². The van der Waals surface area contributed by atoms with Gasteiger partial charge in [0.1, 0.15) is 5.75 Å². The maximum absolute atomic E-state index is 12.1. The summed E-state index contributed by atoms with van der Waals surface area (Å²) in [6.45, 7) is 2.03. The van der Waals surface area contributed by atoms with Gasteiger partial charge < -0.3 is 4.74 Å². The summed E-state index contributed by atoms with van der Waals surface area (Å²) in [5.41, 5.74) is 0.911. The molecule has 0 spiro atoms. The van der Waals surface area contributed by atoms with Crippen LogP contribution in [-0.4, -0.2) is 6.36 Å². The van der Waals surface area contributed by atoms with Gasteiger partial charge in [0.05, 0.1) is 0 Å². The van der Waals surface area contributed by atoms with E-state index in [1.165, 1.54) is 12.1 Å². The van der Waals surface area contributed by atoms with Crippen molar-refractivity contribution in [1.29, 1.82) is 0 Å². The van der Waals surface area contributed by atoms with E-state index in [4.69, 9.17) is 0 Å². The molecule has 1 nitrogen and oxygen atoms in total. The predicted molar refractivity (Wildman–Crippen MR) is 57.4 cm³/mol. The topological polar surface area (TPSA) is 9.23 Å². The minimum atomic E-state index is -4.64. The highest BCUT2D eigenvalue weighted by Gasteiger charge is 2.40. The first-order valence-corrected chi connectivity index (χ1v) is 5.65. The fraction of sp³-hybridized carbons (Fsp3) is 0.455. The van der Waals surface area contributed by atoms with Gasteiger partial charge in [0.2, 0.25) is 0 Å². The van der Waals surface area contributed by atoms with E-state index in [2.05, 4.69) is 20.7 Å². The summed E-state index contributed by atoms with van der Waals surface area (Å²) in [7, 11) is 0. The molecular weight excluding hydrogens is 285 g/mol. The molecule has 1 aromatic rings. The van der Waals surface area contributed by atoms with Crippen LogP contribution in [-0.2, 0) is 5.41 Å². The highest BCUT2D eigenvalue weighted by atomic mass is 79.9. The quantitative estimate of drug-likeness (QED) is 0.785. The van der Waals surface area contributed by atoms with Crippen molar-refractivity contribution < 1.29 is 17.9 Å². The first-order valence-electron chi connectivity index (χ1n) is 4.85. The summed E-state index contributed by atoms with van der Waals surface area (Å²) in [6, 6.07) is 4.63. The summed E-state index contributed by atoms with van der Waals surface area (Å²) in [5, 5.41) is 0. The van der Waals surface area contributed by atoms with Crippen molar-refractivity contribution in [3.63, 3.8) is 0 Å². The largest absolute Gasteiger partial charge is 0.573 e. The molecule has 0 aliphatic heterocycles. The standard InChI is InChI=1S/C11H10BrF3O/c1-10(2-3-10)7-4-8(12)6-9(5-7)16-11(13,14)15/h4-6H,2-3H2,1H3. The van der Waals surface area contributed by atoms with Crippen LogP contribution in [0.2, 0.25) is 0 Å². The Kier molecular flexibility index (Phi) is 2.69. The van der Waals surface area contributed by atoms with Crippen molar-refractivity contribution in [2.75, 3.05) is 0 Å². The number of alkyl halides is 3. The third kappa shape index (κ3) is 2.70. The average molecular weight is 295 g/mol. The molecule has 0 amide bonds. The van der Waals surface area contributed by atoms with Gasteiger partial charge in [-0.25, -0.2) is 0 Å². The Morgan fingerprint density at radius 1 is 1.25 bits per heavy atom. The smallest absolute Gasteiger partial charge is 0.406 e. The first-order chi connectivity index (χ1) is 7.28. The minimum Gasteiger partial charge on any atom is -0.406 e. The van der Waals surface area contributed by atoms with Crippen LogP contribution >= 0.6 is 15.9 Å². The second kappa shape index (κ2) is 3.65. The highest BCUT2D eigenvalue weighted by molar-refractivity contribution is 9.10. The van der Waals surface area contributed by atoms with Gasteiger partial charge in [0, 0.05) is 4.47 Å². The molecule has 16 heavy (non-hydrogen) atoms. The second-order valence-corrected chi connectivity index (χ2v) is 5.20. The highest BCUT2D eigenvalue weighted by Crippen LogP contribution is 2.49. The van der Waals surface area contributed by atoms with Gasteiger partial charge in [-0.1, -0.05) is 22.9 Å². The summed E-state index contributed by atoms with van der Waals surface area (Å²) >= 11 is 3.19. The van der Waals surface area contributed by atoms with Crippen molar-refractivity contribution in [2.24, 2.45) is 0 Å². The lowest BCUT2D eigenvalue weighted by Gasteiger charge is -2.14. The number of rotatable bonds is 2. The lowest BCUT2D eigenvalue weighted by atomic mass is 9.98. The zero-order valence-corrected chi connectivity index (χ0v) is 10.2. The summed E-state index contributed by atoms with van der Waals surface area (Å²) in [4.78, 5) is 0. The van der Waals surface area contributed by atoms with Crippen LogP contribution in [0.4, 0.5) is 13.2 Å². The number of hydrogen-bond acceptors (Lipinski definition) is 1. The van der Waals surface area contributed by atoms with Gasteiger partial charge in [0.15, 0.2) is 0 Å². The van der Waals surface area contributed by atoms with E-state index in [-0.39, 0.29) is 11.2 Å². The molecule has 1 fully saturated rings. The maximum atomic E-state index is 12.1. The molecule has 88 valence electrons. The van der Waals surface area contributed by atoms with Crippen molar-refractivity contribution in [3.8, 4) is 5.75 Å². The van der Waals surface area contributed by atoms with Crippen LogP contribution < -0.4 is 4.74 Å². The Bertz CT molecular complexity index is 410. The Balaban J connectivity index is 2.29. The molecule has 2 rings (SSSR count). The van der Waals surface area contributed by atoms with Gasteiger partial charge in [-0.3, -0.25) is 0 Å². The first kappa shape index (κ1) is 11.8. The third-order valence-corrected chi connectivity index (χ3v) is 3.26. The van der Waals surface area contributed by atoms with Crippen LogP contribution in [0.15, 0.2) is 22.7 Å². The van der Waals surface area contributed by atoms with Gasteiger partial charge in [0.25, 0.3) is 0 Å². The molecule has 1 aliphatic carbocycles. The zero-order chi connectivity index (χ0) is 12.0. The predicted octanol–water partition coefficient (Wildman–Crippen LogP) is 4.40. The maximum Gasteiger partial charge on any atom is 0.573 e. The molecule has 0 N–H and O–H groups in total. The molecule has 0 bridgehead atoms. The van der Waals surface area contributed by atoms with Crippen LogP contribution in [0.1, 0.15) is 25.3 Å². The number of halogens is 4. The van der Waals surface area contributed by atoms with Gasteiger partial charge >= 0.3 is 6.36 Å². The lowest BCUT2D eigenvalue weighted by Crippen LogP contribution is -2.17.